The van der Waals surface area contributed by atoms with Crippen molar-refractivity contribution in [1.82, 2.24) is 5.32 Å². The van der Waals surface area contributed by atoms with Gasteiger partial charge in [0.25, 0.3) is 10.0 Å². The van der Waals surface area contributed by atoms with Gasteiger partial charge in [-0.2, -0.15) is 0 Å². The predicted octanol–water partition coefficient (Wildman–Crippen LogP) is 4.48. The third-order valence-electron chi connectivity index (χ3n) is 5.89. The zero-order valence-electron chi connectivity index (χ0n) is 19.5. The van der Waals surface area contributed by atoms with Crippen LogP contribution in [0.1, 0.15) is 49.8 Å². The van der Waals surface area contributed by atoms with Crippen molar-refractivity contribution in [1.29, 1.82) is 0 Å². The summed E-state index contributed by atoms with van der Waals surface area (Å²) in [6.45, 7) is 9.28. The van der Waals surface area contributed by atoms with Crippen LogP contribution in [0.5, 0.6) is 0 Å². The van der Waals surface area contributed by atoms with Crippen LogP contribution in [0.2, 0.25) is 5.02 Å². The minimum atomic E-state index is -4.18. The van der Waals surface area contributed by atoms with Crippen molar-refractivity contribution >= 4 is 44.8 Å². The molecule has 0 bridgehead atoms. The largest absolute Gasteiger partial charge is 0.353 e. The zero-order valence-corrected chi connectivity index (χ0v) is 21.1. The Hall–Kier alpha value is -2.58. The number of aryl methyl sites for hydroxylation is 3. The maximum Gasteiger partial charge on any atom is 0.265 e. The van der Waals surface area contributed by atoms with Crippen LogP contribution in [-0.2, 0) is 19.6 Å². The molecule has 1 aliphatic heterocycles. The number of rotatable bonds is 7. The van der Waals surface area contributed by atoms with Crippen LogP contribution >= 0.6 is 11.6 Å². The third kappa shape index (κ3) is 5.01. The van der Waals surface area contributed by atoms with Gasteiger partial charge in [-0.15, -0.1) is 0 Å². The molecule has 0 aromatic heterocycles. The molecule has 0 radical (unpaired) electrons. The summed E-state index contributed by atoms with van der Waals surface area (Å²) >= 11 is 6.10. The van der Waals surface area contributed by atoms with Gasteiger partial charge in [-0.25, -0.2) is 8.42 Å². The normalized spacial score (nSPS) is 15.9. The molecule has 0 saturated carbocycles. The minimum absolute atomic E-state index is 0.0399. The Bertz CT molecular complexity index is 1170. The van der Waals surface area contributed by atoms with E-state index in [-0.39, 0.29) is 34.6 Å². The van der Waals surface area contributed by atoms with Gasteiger partial charge in [-0.05, 0) is 62.9 Å². The second-order valence-corrected chi connectivity index (χ2v) is 10.7. The fraction of sp³-hybridized carbons (Fsp3) is 0.417. The summed E-state index contributed by atoms with van der Waals surface area (Å²) in [6.07, 6.45) is 1.18. The van der Waals surface area contributed by atoms with Gasteiger partial charge in [-0.1, -0.05) is 43.1 Å². The highest BCUT2D eigenvalue weighted by Crippen LogP contribution is 2.40. The molecule has 2 aromatic carbocycles. The number of nitrogens with zero attached hydrogens (tertiary/aromatic N) is 1. The van der Waals surface area contributed by atoms with Gasteiger partial charge >= 0.3 is 0 Å². The molecular formula is C24H30ClN3O4S. The highest BCUT2D eigenvalue weighted by molar-refractivity contribution is 7.93. The molecule has 0 fully saturated rings. The van der Waals surface area contributed by atoms with E-state index in [1.165, 1.54) is 6.07 Å². The molecule has 2 N–H and O–H groups in total. The van der Waals surface area contributed by atoms with Gasteiger partial charge in [0.1, 0.15) is 6.04 Å². The Balaban J connectivity index is 2.14. The summed E-state index contributed by atoms with van der Waals surface area (Å²) in [5, 5.41) is 5.98. The van der Waals surface area contributed by atoms with E-state index in [1.54, 1.807) is 38.1 Å². The number of carbonyl (C=O) groups is 2. The molecule has 1 heterocycles. The van der Waals surface area contributed by atoms with E-state index in [9.17, 15) is 18.0 Å². The molecule has 1 aliphatic rings. The number of anilines is 2. The topological polar surface area (TPSA) is 95.6 Å². The molecule has 2 amide bonds. The molecule has 33 heavy (non-hydrogen) atoms. The molecular weight excluding hydrogens is 462 g/mol. The van der Waals surface area contributed by atoms with Crippen molar-refractivity contribution < 1.29 is 18.0 Å². The van der Waals surface area contributed by atoms with Crippen LogP contribution < -0.4 is 14.9 Å². The van der Waals surface area contributed by atoms with E-state index in [2.05, 4.69) is 10.6 Å². The third-order valence-corrected chi connectivity index (χ3v) is 8.25. The summed E-state index contributed by atoms with van der Waals surface area (Å²) in [6, 6.07) is 6.94. The van der Waals surface area contributed by atoms with Crippen molar-refractivity contribution in [3.63, 3.8) is 0 Å². The predicted molar refractivity (Wildman–Crippen MR) is 131 cm³/mol. The van der Waals surface area contributed by atoms with Gasteiger partial charge in [0.2, 0.25) is 11.8 Å². The molecule has 9 heteroatoms. The zero-order chi connectivity index (χ0) is 24.5. The van der Waals surface area contributed by atoms with Crippen molar-refractivity contribution in [2.45, 2.75) is 70.9 Å². The summed E-state index contributed by atoms with van der Waals surface area (Å²) < 4.78 is 29.2. The van der Waals surface area contributed by atoms with E-state index < -0.39 is 22.0 Å². The van der Waals surface area contributed by atoms with E-state index in [0.29, 0.717) is 16.1 Å². The van der Waals surface area contributed by atoms with Crippen LogP contribution in [-0.4, -0.2) is 32.3 Å². The van der Waals surface area contributed by atoms with Crippen LogP contribution in [0, 0.1) is 20.8 Å². The number of hydrogen-bond donors (Lipinski definition) is 2. The van der Waals surface area contributed by atoms with Crippen LogP contribution in [0.25, 0.3) is 0 Å². The number of benzene rings is 2. The molecule has 1 unspecified atom stereocenters. The molecule has 0 spiro atoms. The average molecular weight is 492 g/mol. The van der Waals surface area contributed by atoms with Gasteiger partial charge in [0, 0.05) is 11.1 Å². The van der Waals surface area contributed by atoms with Crippen LogP contribution in [0.4, 0.5) is 11.4 Å². The monoisotopic (exact) mass is 491 g/mol. The highest BCUT2D eigenvalue weighted by atomic mass is 35.5. The SMILES string of the molecule is CCC(CC)NC(=O)CC1C(=O)Nc2cc(Cl)ccc2N1S(=O)(=O)c1c(C)cc(C)cc1C. The molecule has 2 aromatic rings. The summed E-state index contributed by atoms with van der Waals surface area (Å²) in [7, 11) is -4.18. The lowest BCUT2D eigenvalue weighted by atomic mass is 10.1. The lowest BCUT2D eigenvalue weighted by Crippen LogP contribution is -2.53. The van der Waals surface area contributed by atoms with Gasteiger partial charge in [0.05, 0.1) is 22.7 Å². The van der Waals surface area contributed by atoms with Gasteiger partial charge in [-0.3, -0.25) is 13.9 Å². The minimum Gasteiger partial charge on any atom is -0.353 e. The van der Waals surface area contributed by atoms with E-state index in [4.69, 9.17) is 11.6 Å². The molecule has 0 aliphatic carbocycles. The fourth-order valence-corrected chi connectivity index (χ4v) is 6.61. The fourth-order valence-electron chi connectivity index (χ4n) is 4.39. The Kier molecular flexibility index (Phi) is 7.39. The Labute approximate surface area is 200 Å². The molecule has 1 atom stereocenters. The number of nitrogens with one attached hydrogen (secondary N) is 2. The Morgan fingerprint density at radius 1 is 1.12 bits per heavy atom. The first-order valence-corrected chi connectivity index (χ1v) is 12.8. The number of fused-ring (bicyclic) bond motifs is 1. The molecule has 3 rings (SSSR count). The van der Waals surface area contributed by atoms with Crippen molar-refractivity contribution in [3.8, 4) is 0 Å². The second kappa shape index (κ2) is 9.73. The first-order chi connectivity index (χ1) is 15.5. The summed E-state index contributed by atoms with van der Waals surface area (Å²) in [5.74, 6) is -0.950. The average Bonchev–Trinajstić information content (AvgIpc) is 2.71. The molecule has 7 nitrogen and oxygen atoms in total. The van der Waals surface area contributed by atoms with Crippen LogP contribution in [0.3, 0.4) is 0 Å². The molecule has 178 valence electrons. The maximum absolute atomic E-state index is 14.0. The lowest BCUT2D eigenvalue weighted by molar-refractivity contribution is -0.125. The van der Waals surface area contributed by atoms with Gasteiger partial charge in [0.15, 0.2) is 0 Å². The standard InChI is InChI=1S/C24H30ClN3O4S/c1-6-18(7-2)26-22(29)13-21-24(30)27-19-12-17(25)8-9-20(19)28(21)33(31,32)23-15(4)10-14(3)11-16(23)5/h8-12,18,21H,6-7,13H2,1-5H3,(H,26,29)(H,27,30). The second-order valence-electron chi connectivity index (χ2n) is 8.48. The number of amides is 2. The lowest BCUT2D eigenvalue weighted by Gasteiger charge is -2.37. The van der Waals surface area contributed by atoms with Crippen molar-refractivity contribution in [2.24, 2.45) is 0 Å². The molecule has 0 saturated heterocycles. The van der Waals surface area contributed by atoms with E-state index in [0.717, 1.165) is 22.7 Å². The first-order valence-electron chi connectivity index (χ1n) is 11.0. The summed E-state index contributed by atoms with van der Waals surface area (Å²) in [5.41, 5.74) is 2.66. The number of hydrogen-bond acceptors (Lipinski definition) is 4. The summed E-state index contributed by atoms with van der Waals surface area (Å²) in [4.78, 5) is 26.0. The van der Waals surface area contributed by atoms with E-state index >= 15 is 0 Å². The number of sulfonamides is 1. The maximum atomic E-state index is 14.0. The first kappa shape index (κ1) is 25.1. The number of carbonyl (C=O) groups excluding carboxylic acids is 2. The van der Waals surface area contributed by atoms with Gasteiger partial charge < -0.3 is 10.6 Å². The Morgan fingerprint density at radius 3 is 2.30 bits per heavy atom. The van der Waals surface area contributed by atoms with E-state index in [1.807, 2.05) is 20.8 Å². The number of halogens is 1. The Morgan fingerprint density at radius 2 is 1.73 bits per heavy atom. The van der Waals surface area contributed by atoms with Crippen molar-refractivity contribution in [2.75, 3.05) is 9.62 Å². The smallest absolute Gasteiger partial charge is 0.265 e. The van der Waals surface area contributed by atoms with Crippen LogP contribution in [0.15, 0.2) is 35.2 Å². The quantitative estimate of drug-likeness (QED) is 0.597. The highest BCUT2D eigenvalue weighted by Gasteiger charge is 2.43. The van der Waals surface area contributed by atoms with Crippen molar-refractivity contribution in [3.05, 3.63) is 52.0 Å².